The van der Waals surface area contributed by atoms with E-state index in [-0.39, 0.29) is 5.41 Å². The standard InChI is InChI=1S/C15H24N2/c1-13(14-8-6-5-7-9-14)10-17(4)12-15(2,3)11-16/h5-9H,1,10-12,16H2,2-4H3. The molecule has 0 spiro atoms. The summed E-state index contributed by atoms with van der Waals surface area (Å²) in [6, 6.07) is 10.3. The number of nitrogens with two attached hydrogens (primary N) is 1. The highest BCUT2D eigenvalue weighted by Crippen LogP contribution is 2.17. The fraction of sp³-hybridized carbons (Fsp3) is 0.467. The molecule has 0 fully saturated rings. The van der Waals surface area contributed by atoms with Gasteiger partial charge in [0.1, 0.15) is 0 Å². The van der Waals surface area contributed by atoms with E-state index >= 15 is 0 Å². The topological polar surface area (TPSA) is 29.3 Å². The van der Waals surface area contributed by atoms with Gasteiger partial charge in [-0.15, -0.1) is 0 Å². The summed E-state index contributed by atoms with van der Waals surface area (Å²) in [6.07, 6.45) is 0. The van der Waals surface area contributed by atoms with Gasteiger partial charge < -0.3 is 10.6 Å². The smallest absolute Gasteiger partial charge is 0.0230 e. The maximum Gasteiger partial charge on any atom is 0.0230 e. The van der Waals surface area contributed by atoms with Crippen LogP contribution in [0.1, 0.15) is 19.4 Å². The van der Waals surface area contributed by atoms with Gasteiger partial charge in [-0.3, -0.25) is 0 Å². The highest BCUT2D eigenvalue weighted by atomic mass is 15.1. The molecule has 0 saturated carbocycles. The number of rotatable bonds is 6. The number of nitrogens with zero attached hydrogens (tertiary/aromatic N) is 1. The van der Waals surface area contributed by atoms with E-state index in [0.717, 1.165) is 18.7 Å². The first kappa shape index (κ1) is 13.9. The average Bonchev–Trinajstić information content (AvgIpc) is 2.29. The normalized spacial score (nSPS) is 11.8. The van der Waals surface area contributed by atoms with E-state index in [2.05, 4.69) is 44.5 Å². The van der Waals surface area contributed by atoms with Crippen molar-refractivity contribution in [2.24, 2.45) is 11.1 Å². The summed E-state index contributed by atoms with van der Waals surface area (Å²) in [6.45, 7) is 11.1. The van der Waals surface area contributed by atoms with Crippen LogP contribution in [-0.2, 0) is 0 Å². The number of benzene rings is 1. The van der Waals surface area contributed by atoms with Crippen LogP contribution in [-0.4, -0.2) is 31.6 Å². The highest BCUT2D eigenvalue weighted by Gasteiger charge is 2.18. The second-order valence-corrected chi connectivity index (χ2v) is 5.51. The van der Waals surface area contributed by atoms with E-state index in [1.807, 2.05) is 18.2 Å². The second kappa shape index (κ2) is 5.99. The van der Waals surface area contributed by atoms with Gasteiger partial charge in [0.2, 0.25) is 0 Å². The van der Waals surface area contributed by atoms with E-state index in [1.165, 1.54) is 5.56 Å². The van der Waals surface area contributed by atoms with Crippen LogP contribution in [0, 0.1) is 5.41 Å². The minimum absolute atomic E-state index is 0.158. The first-order valence-corrected chi connectivity index (χ1v) is 6.06. The van der Waals surface area contributed by atoms with E-state index in [9.17, 15) is 0 Å². The average molecular weight is 232 g/mol. The Hall–Kier alpha value is -1.12. The van der Waals surface area contributed by atoms with Crippen molar-refractivity contribution in [2.75, 3.05) is 26.7 Å². The molecular formula is C15H24N2. The van der Waals surface area contributed by atoms with E-state index in [1.54, 1.807) is 0 Å². The van der Waals surface area contributed by atoms with Crippen LogP contribution >= 0.6 is 0 Å². The minimum Gasteiger partial charge on any atom is -0.330 e. The molecule has 0 bridgehead atoms. The lowest BCUT2D eigenvalue weighted by Gasteiger charge is -2.29. The Kier molecular flexibility index (Phi) is 4.91. The third kappa shape index (κ3) is 4.72. The summed E-state index contributed by atoms with van der Waals surface area (Å²) in [5.74, 6) is 0. The monoisotopic (exact) mass is 232 g/mol. The number of likely N-dealkylation sites (N-methyl/N-ethyl adjacent to an activating group) is 1. The van der Waals surface area contributed by atoms with Crippen LogP contribution in [0.4, 0.5) is 0 Å². The van der Waals surface area contributed by atoms with Crippen LogP contribution in [0.15, 0.2) is 36.9 Å². The Morgan fingerprint density at radius 1 is 1.29 bits per heavy atom. The summed E-state index contributed by atoms with van der Waals surface area (Å²) in [7, 11) is 2.12. The lowest BCUT2D eigenvalue weighted by Crippen LogP contribution is -2.37. The van der Waals surface area contributed by atoms with Crippen molar-refractivity contribution in [3.63, 3.8) is 0 Å². The van der Waals surface area contributed by atoms with Crippen molar-refractivity contribution in [1.82, 2.24) is 4.90 Å². The molecule has 0 unspecified atom stereocenters. The Labute approximate surface area is 105 Å². The van der Waals surface area contributed by atoms with Gasteiger partial charge in [-0.05, 0) is 30.1 Å². The first-order chi connectivity index (χ1) is 7.94. The van der Waals surface area contributed by atoms with Crippen LogP contribution in [0.5, 0.6) is 0 Å². The molecule has 0 radical (unpaired) electrons. The van der Waals surface area contributed by atoms with Crippen molar-refractivity contribution in [1.29, 1.82) is 0 Å². The quantitative estimate of drug-likeness (QED) is 0.817. The van der Waals surface area contributed by atoms with Gasteiger partial charge in [-0.1, -0.05) is 50.8 Å². The van der Waals surface area contributed by atoms with Gasteiger partial charge in [0.15, 0.2) is 0 Å². The summed E-state index contributed by atoms with van der Waals surface area (Å²) >= 11 is 0. The lowest BCUT2D eigenvalue weighted by atomic mass is 9.93. The van der Waals surface area contributed by atoms with Crippen molar-refractivity contribution >= 4 is 5.57 Å². The molecule has 0 aliphatic carbocycles. The molecule has 0 amide bonds. The molecule has 0 aliphatic heterocycles. The van der Waals surface area contributed by atoms with Gasteiger partial charge in [-0.2, -0.15) is 0 Å². The summed E-state index contributed by atoms with van der Waals surface area (Å²) in [5.41, 5.74) is 8.27. The lowest BCUT2D eigenvalue weighted by molar-refractivity contribution is 0.234. The molecule has 0 saturated heterocycles. The molecule has 2 N–H and O–H groups in total. The second-order valence-electron chi connectivity index (χ2n) is 5.51. The van der Waals surface area contributed by atoms with Crippen LogP contribution < -0.4 is 5.73 Å². The summed E-state index contributed by atoms with van der Waals surface area (Å²) in [4.78, 5) is 2.28. The summed E-state index contributed by atoms with van der Waals surface area (Å²) < 4.78 is 0. The highest BCUT2D eigenvalue weighted by molar-refractivity contribution is 5.64. The van der Waals surface area contributed by atoms with Gasteiger partial charge in [0.25, 0.3) is 0 Å². The van der Waals surface area contributed by atoms with Crippen LogP contribution in [0.25, 0.3) is 5.57 Å². The zero-order valence-corrected chi connectivity index (χ0v) is 11.2. The Morgan fingerprint density at radius 2 is 1.88 bits per heavy atom. The van der Waals surface area contributed by atoms with Gasteiger partial charge >= 0.3 is 0 Å². The molecule has 0 heterocycles. The number of hydrogen-bond acceptors (Lipinski definition) is 2. The molecular weight excluding hydrogens is 208 g/mol. The molecule has 0 aromatic heterocycles. The molecule has 94 valence electrons. The Morgan fingerprint density at radius 3 is 2.41 bits per heavy atom. The van der Waals surface area contributed by atoms with E-state index in [4.69, 9.17) is 5.73 Å². The molecule has 17 heavy (non-hydrogen) atoms. The fourth-order valence-corrected chi connectivity index (χ4v) is 1.94. The van der Waals surface area contributed by atoms with Gasteiger partial charge in [-0.25, -0.2) is 0 Å². The fourth-order valence-electron chi connectivity index (χ4n) is 1.94. The molecule has 0 atom stereocenters. The van der Waals surface area contributed by atoms with Gasteiger partial charge in [0.05, 0.1) is 0 Å². The molecule has 0 aliphatic rings. The molecule has 1 aromatic rings. The third-order valence-electron chi connectivity index (χ3n) is 2.89. The summed E-state index contributed by atoms with van der Waals surface area (Å²) in [5, 5.41) is 0. The Bertz CT molecular complexity index is 354. The van der Waals surface area contributed by atoms with Crippen molar-refractivity contribution in [3.8, 4) is 0 Å². The third-order valence-corrected chi connectivity index (χ3v) is 2.89. The zero-order valence-electron chi connectivity index (χ0n) is 11.2. The maximum absolute atomic E-state index is 5.75. The van der Waals surface area contributed by atoms with Gasteiger partial charge in [0, 0.05) is 13.1 Å². The van der Waals surface area contributed by atoms with Crippen LogP contribution in [0.2, 0.25) is 0 Å². The predicted octanol–water partition coefficient (Wildman–Crippen LogP) is 2.62. The minimum atomic E-state index is 0.158. The molecule has 2 heteroatoms. The largest absolute Gasteiger partial charge is 0.330 e. The van der Waals surface area contributed by atoms with Crippen molar-refractivity contribution in [2.45, 2.75) is 13.8 Å². The van der Waals surface area contributed by atoms with E-state index in [0.29, 0.717) is 6.54 Å². The first-order valence-electron chi connectivity index (χ1n) is 6.06. The van der Waals surface area contributed by atoms with E-state index < -0.39 is 0 Å². The SMILES string of the molecule is C=C(CN(C)CC(C)(C)CN)c1ccccc1. The number of hydrogen-bond donors (Lipinski definition) is 1. The Balaban J connectivity index is 2.52. The predicted molar refractivity (Wildman–Crippen MR) is 75.8 cm³/mol. The zero-order chi connectivity index (χ0) is 12.9. The molecule has 1 rings (SSSR count). The molecule has 1 aromatic carbocycles. The van der Waals surface area contributed by atoms with Crippen molar-refractivity contribution in [3.05, 3.63) is 42.5 Å². The molecule has 2 nitrogen and oxygen atoms in total. The maximum atomic E-state index is 5.75. The van der Waals surface area contributed by atoms with Crippen molar-refractivity contribution < 1.29 is 0 Å². The van der Waals surface area contributed by atoms with Crippen LogP contribution in [0.3, 0.4) is 0 Å².